The Balaban J connectivity index is 2.30. The van der Waals surface area contributed by atoms with E-state index in [0.29, 0.717) is 0 Å². The lowest BCUT2D eigenvalue weighted by molar-refractivity contribution is -0.124. The first-order valence-corrected chi connectivity index (χ1v) is 6.94. The van der Waals surface area contributed by atoms with E-state index in [1.54, 1.807) is 18.7 Å². The number of thioether (sulfide) groups is 1. The molecular weight excluding hydrogens is 244 g/mol. The molecule has 1 heterocycles. The lowest BCUT2D eigenvalue weighted by Gasteiger charge is -2.37. The van der Waals surface area contributed by atoms with Gasteiger partial charge in [0.1, 0.15) is 6.04 Å². The molecule has 0 fully saturated rings. The lowest BCUT2D eigenvalue weighted by atomic mass is 10.2. The second kappa shape index (κ2) is 5.59. The van der Waals surface area contributed by atoms with Gasteiger partial charge in [0.2, 0.25) is 0 Å². The molecule has 0 saturated heterocycles. The summed E-state index contributed by atoms with van der Waals surface area (Å²) >= 11 is 1.75. The molecule has 3 nitrogen and oxygen atoms in total. The fraction of sp³-hybridized carbons (Fsp3) is 0.357. The van der Waals surface area contributed by atoms with Gasteiger partial charge in [-0.25, -0.2) is 5.01 Å². The number of carbonyl (C=O) groups is 1. The van der Waals surface area contributed by atoms with Crippen LogP contribution in [0.15, 0.2) is 36.5 Å². The van der Waals surface area contributed by atoms with Gasteiger partial charge in [0, 0.05) is 31.0 Å². The van der Waals surface area contributed by atoms with E-state index in [9.17, 15) is 4.79 Å². The van der Waals surface area contributed by atoms with E-state index in [2.05, 4.69) is 18.3 Å². The molecule has 0 radical (unpaired) electrons. The largest absolute Gasteiger partial charge is 0.301 e. The highest BCUT2D eigenvalue weighted by molar-refractivity contribution is 8.08. The molecule has 1 aliphatic heterocycles. The predicted molar refractivity (Wildman–Crippen MR) is 76.9 cm³/mol. The Kier molecular flexibility index (Phi) is 4.09. The molecule has 1 unspecified atom stereocenters. The quantitative estimate of drug-likeness (QED) is 0.835. The minimum Gasteiger partial charge on any atom is -0.301 e. The second-order valence-electron chi connectivity index (χ2n) is 4.52. The van der Waals surface area contributed by atoms with Crippen molar-refractivity contribution in [1.82, 2.24) is 10.0 Å². The first-order chi connectivity index (χ1) is 8.59. The molecule has 96 valence electrons. The van der Waals surface area contributed by atoms with E-state index in [4.69, 9.17) is 0 Å². The number of carbonyl (C=O) groups excluding carboxylic acids is 1. The van der Waals surface area contributed by atoms with Gasteiger partial charge in [-0.15, -0.1) is 11.8 Å². The van der Waals surface area contributed by atoms with Crippen LogP contribution in [0.25, 0.3) is 4.91 Å². The summed E-state index contributed by atoms with van der Waals surface area (Å²) in [7, 11) is 3.93. The molecule has 1 aromatic rings. The number of Topliss-reactive ketones (excluding diaryl/α,β-unsaturated/α-hetero) is 1. The number of benzene rings is 1. The van der Waals surface area contributed by atoms with Gasteiger partial charge in [-0.05, 0) is 12.5 Å². The molecule has 2 rings (SSSR count). The van der Waals surface area contributed by atoms with Crippen molar-refractivity contribution in [2.24, 2.45) is 0 Å². The van der Waals surface area contributed by atoms with Crippen LogP contribution < -0.4 is 0 Å². The predicted octanol–water partition coefficient (Wildman–Crippen LogP) is 2.47. The van der Waals surface area contributed by atoms with Gasteiger partial charge in [-0.1, -0.05) is 30.3 Å². The molecule has 0 saturated carbocycles. The maximum absolute atomic E-state index is 11.6. The number of ketones is 1. The summed E-state index contributed by atoms with van der Waals surface area (Å²) in [5.74, 6) is 1.01. The standard InChI is InChI=1S/C14H18N2OS/c1-11(17)13-10-18-14(9-16(13)15(2)3)12-7-5-4-6-8-12/h4-9,13H,10H2,1-3H3. The molecular formula is C14H18N2OS. The van der Waals surface area contributed by atoms with Crippen LogP contribution in [-0.2, 0) is 4.79 Å². The molecule has 1 aliphatic rings. The second-order valence-corrected chi connectivity index (χ2v) is 5.59. The molecule has 0 bridgehead atoms. The molecule has 0 aliphatic carbocycles. The highest BCUT2D eigenvalue weighted by Gasteiger charge is 2.27. The van der Waals surface area contributed by atoms with Crippen LogP contribution in [0.3, 0.4) is 0 Å². The Labute approximate surface area is 112 Å². The lowest BCUT2D eigenvalue weighted by Crippen LogP contribution is -2.47. The van der Waals surface area contributed by atoms with Crippen molar-refractivity contribution < 1.29 is 4.79 Å². The van der Waals surface area contributed by atoms with Crippen molar-refractivity contribution in [2.45, 2.75) is 13.0 Å². The van der Waals surface area contributed by atoms with Crippen molar-refractivity contribution in [3.63, 3.8) is 0 Å². The van der Waals surface area contributed by atoms with E-state index in [1.165, 1.54) is 10.5 Å². The Bertz CT molecular complexity index is 456. The van der Waals surface area contributed by atoms with Crippen LogP contribution in [0.4, 0.5) is 0 Å². The minimum atomic E-state index is -0.0579. The van der Waals surface area contributed by atoms with E-state index in [0.717, 1.165) is 5.75 Å². The number of hydrazine groups is 1. The van der Waals surface area contributed by atoms with Gasteiger partial charge in [-0.2, -0.15) is 0 Å². The monoisotopic (exact) mass is 262 g/mol. The Morgan fingerprint density at radius 3 is 2.56 bits per heavy atom. The highest BCUT2D eigenvalue weighted by atomic mass is 32.2. The molecule has 1 aromatic carbocycles. The highest BCUT2D eigenvalue weighted by Crippen LogP contribution is 2.34. The molecule has 0 amide bonds. The molecule has 4 heteroatoms. The third-order valence-corrected chi connectivity index (χ3v) is 4.09. The smallest absolute Gasteiger partial charge is 0.154 e. The summed E-state index contributed by atoms with van der Waals surface area (Å²) in [6, 6.07) is 10.2. The van der Waals surface area contributed by atoms with Crippen LogP contribution in [0, 0.1) is 0 Å². The van der Waals surface area contributed by atoms with Gasteiger partial charge in [0.25, 0.3) is 0 Å². The van der Waals surface area contributed by atoms with Gasteiger partial charge in [0.05, 0.1) is 0 Å². The SMILES string of the molecule is CC(=O)C1CSC(c2ccccc2)=CN1N(C)C. The first-order valence-electron chi connectivity index (χ1n) is 5.95. The Morgan fingerprint density at radius 2 is 2.00 bits per heavy atom. The molecule has 1 atom stereocenters. The van der Waals surface area contributed by atoms with Gasteiger partial charge in [-0.3, -0.25) is 4.79 Å². The summed E-state index contributed by atoms with van der Waals surface area (Å²) in [6.45, 7) is 1.66. The third kappa shape index (κ3) is 2.76. The van der Waals surface area contributed by atoms with Crippen LogP contribution in [-0.4, -0.2) is 41.7 Å². The summed E-state index contributed by atoms with van der Waals surface area (Å²) in [5, 5.41) is 3.98. The number of rotatable bonds is 3. The summed E-state index contributed by atoms with van der Waals surface area (Å²) in [5.41, 5.74) is 1.20. The summed E-state index contributed by atoms with van der Waals surface area (Å²) in [6.07, 6.45) is 2.07. The van der Waals surface area contributed by atoms with Gasteiger partial charge < -0.3 is 5.01 Å². The van der Waals surface area contributed by atoms with E-state index < -0.39 is 0 Å². The van der Waals surface area contributed by atoms with Crippen molar-refractivity contribution in [1.29, 1.82) is 0 Å². The average molecular weight is 262 g/mol. The normalized spacial score (nSPS) is 19.9. The van der Waals surface area contributed by atoms with E-state index in [1.807, 2.05) is 42.3 Å². The van der Waals surface area contributed by atoms with Crippen molar-refractivity contribution in [2.75, 3.05) is 19.8 Å². The molecule has 0 aromatic heterocycles. The van der Waals surface area contributed by atoms with Gasteiger partial charge in [0.15, 0.2) is 5.78 Å². The number of hydrogen-bond donors (Lipinski definition) is 0. The fourth-order valence-corrected chi connectivity index (χ4v) is 3.16. The van der Waals surface area contributed by atoms with E-state index >= 15 is 0 Å². The topological polar surface area (TPSA) is 23.6 Å². The number of hydrogen-bond acceptors (Lipinski definition) is 4. The molecule has 18 heavy (non-hydrogen) atoms. The zero-order valence-electron chi connectivity index (χ0n) is 11.0. The average Bonchev–Trinajstić information content (AvgIpc) is 2.39. The zero-order chi connectivity index (χ0) is 13.1. The third-order valence-electron chi connectivity index (χ3n) is 2.96. The van der Waals surface area contributed by atoms with Gasteiger partial charge >= 0.3 is 0 Å². The first kappa shape index (κ1) is 13.2. The van der Waals surface area contributed by atoms with Crippen molar-refractivity contribution in [3.8, 4) is 0 Å². The molecule has 0 spiro atoms. The van der Waals surface area contributed by atoms with Crippen LogP contribution in [0.2, 0.25) is 0 Å². The summed E-state index contributed by atoms with van der Waals surface area (Å²) in [4.78, 5) is 12.9. The Morgan fingerprint density at radius 1 is 1.33 bits per heavy atom. The maximum Gasteiger partial charge on any atom is 0.154 e. The van der Waals surface area contributed by atoms with Crippen molar-refractivity contribution >= 4 is 22.5 Å². The minimum absolute atomic E-state index is 0.0579. The van der Waals surface area contributed by atoms with Crippen LogP contribution in [0.5, 0.6) is 0 Å². The van der Waals surface area contributed by atoms with Crippen LogP contribution in [0.1, 0.15) is 12.5 Å². The maximum atomic E-state index is 11.6. The zero-order valence-corrected chi connectivity index (χ0v) is 11.8. The molecule has 0 N–H and O–H groups in total. The van der Waals surface area contributed by atoms with Crippen LogP contribution >= 0.6 is 11.8 Å². The fourth-order valence-electron chi connectivity index (χ4n) is 1.95. The van der Waals surface area contributed by atoms with Crippen molar-refractivity contribution in [3.05, 3.63) is 42.1 Å². The van der Waals surface area contributed by atoms with E-state index in [-0.39, 0.29) is 11.8 Å². The summed E-state index contributed by atoms with van der Waals surface area (Å²) < 4.78 is 0. The Hall–Kier alpha value is -1.26. The number of nitrogens with zero attached hydrogens (tertiary/aromatic N) is 2.